The first-order valence-corrected chi connectivity index (χ1v) is 13.6. The zero-order chi connectivity index (χ0) is 27.4. The fourth-order valence-corrected chi connectivity index (χ4v) is 4.90. The average Bonchev–Trinajstić information content (AvgIpc) is 2.88. The van der Waals surface area contributed by atoms with Crippen LogP contribution in [0.5, 0.6) is 5.75 Å². The third kappa shape index (κ3) is 6.48. The van der Waals surface area contributed by atoms with E-state index in [2.05, 4.69) is 42.3 Å². The van der Waals surface area contributed by atoms with Crippen molar-refractivity contribution in [1.29, 1.82) is 0 Å². The topological polar surface area (TPSA) is 85.6 Å². The highest BCUT2D eigenvalue weighted by atomic mass is 79.9. The Hall–Kier alpha value is -3.08. The van der Waals surface area contributed by atoms with Crippen LogP contribution in [0.1, 0.15) is 37.6 Å². The quantitative estimate of drug-likeness (QED) is 0.203. The second-order valence-electron chi connectivity index (χ2n) is 8.45. The molecule has 4 aromatic rings. The molecule has 11 heteroatoms. The van der Waals surface area contributed by atoms with Crippen molar-refractivity contribution in [3.05, 3.63) is 96.1 Å². The lowest BCUT2D eigenvalue weighted by molar-refractivity contribution is -0.118. The predicted octanol–water partition coefficient (Wildman–Crippen LogP) is 7.13. The molecule has 0 radical (unpaired) electrons. The van der Waals surface area contributed by atoms with E-state index in [0.29, 0.717) is 43.2 Å². The number of hydrogen-bond donors (Lipinski definition) is 1. The highest BCUT2D eigenvalue weighted by molar-refractivity contribution is 9.10. The zero-order valence-electron chi connectivity index (χ0n) is 20.3. The first kappa shape index (κ1) is 27.9. The minimum Gasteiger partial charge on any atom is -0.482 e. The molecule has 0 saturated carbocycles. The summed E-state index contributed by atoms with van der Waals surface area (Å²) in [5.74, 6) is -0.0586. The number of nitrogens with one attached hydrogen (secondary N) is 1. The number of ether oxygens (including phenoxy) is 1. The van der Waals surface area contributed by atoms with Gasteiger partial charge in [-0.05, 0) is 76.9 Å². The number of hydrogen-bond acceptors (Lipinski definition) is 5. The van der Waals surface area contributed by atoms with Gasteiger partial charge in [0.2, 0.25) is 0 Å². The molecule has 0 spiro atoms. The van der Waals surface area contributed by atoms with Crippen LogP contribution < -0.4 is 15.6 Å². The van der Waals surface area contributed by atoms with E-state index in [1.165, 1.54) is 35.2 Å². The van der Waals surface area contributed by atoms with E-state index < -0.39 is 11.7 Å². The van der Waals surface area contributed by atoms with E-state index in [0.717, 1.165) is 10.9 Å². The maximum absolute atomic E-state index is 13.4. The van der Waals surface area contributed by atoms with Crippen LogP contribution in [-0.2, 0) is 4.79 Å². The van der Waals surface area contributed by atoms with Gasteiger partial charge in [0.05, 0.1) is 21.6 Å². The van der Waals surface area contributed by atoms with Crippen molar-refractivity contribution in [1.82, 2.24) is 9.66 Å². The maximum Gasteiger partial charge on any atom is 0.282 e. The van der Waals surface area contributed by atoms with Crippen LogP contribution in [0.3, 0.4) is 0 Å². The molecule has 0 aliphatic carbocycles. The summed E-state index contributed by atoms with van der Waals surface area (Å²) in [6.45, 7) is 3.65. The van der Waals surface area contributed by atoms with Gasteiger partial charge in [-0.3, -0.25) is 9.59 Å². The van der Waals surface area contributed by atoms with Gasteiger partial charge in [-0.25, -0.2) is 9.37 Å². The van der Waals surface area contributed by atoms with Crippen molar-refractivity contribution in [2.24, 2.45) is 5.10 Å². The summed E-state index contributed by atoms with van der Waals surface area (Å²) >= 11 is 13.1. The lowest BCUT2D eigenvalue weighted by atomic mass is 10.1. The van der Waals surface area contributed by atoms with E-state index in [4.69, 9.17) is 21.3 Å². The lowest BCUT2D eigenvalue weighted by Crippen LogP contribution is -2.24. The number of nitrogens with zero attached hydrogens (tertiary/aromatic N) is 3. The van der Waals surface area contributed by atoms with Crippen molar-refractivity contribution in [2.75, 3.05) is 11.9 Å². The maximum atomic E-state index is 13.4. The fourth-order valence-electron chi connectivity index (χ4n) is 3.60. The molecule has 1 amide bonds. The van der Waals surface area contributed by atoms with E-state index in [-0.39, 0.29) is 18.1 Å². The van der Waals surface area contributed by atoms with E-state index in [1.807, 2.05) is 19.9 Å². The molecule has 0 bridgehead atoms. The molecule has 0 unspecified atom stereocenters. The van der Waals surface area contributed by atoms with Gasteiger partial charge in [0.1, 0.15) is 17.4 Å². The van der Waals surface area contributed by atoms with Crippen LogP contribution in [-0.4, -0.2) is 28.4 Å². The van der Waals surface area contributed by atoms with E-state index in [9.17, 15) is 14.0 Å². The number of anilines is 1. The van der Waals surface area contributed by atoms with Crippen molar-refractivity contribution in [3.63, 3.8) is 0 Å². The molecule has 1 aromatic heterocycles. The van der Waals surface area contributed by atoms with Crippen LogP contribution in [0.4, 0.5) is 10.1 Å². The Bertz CT molecular complexity index is 1590. The summed E-state index contributed by atoms with van der Waals surface area (Å²) in [7, 11) is 0. The van der Waals surface area contributed by atoms with E-state index >= 15 is 0 Å². The first-order chi connectivity index (χ1) is 18.2. The van der Waals surface area contributed by atoms with Crippen molar-refractivity contribution < 1.29 is 13.9 Å². The molecule has 4 rings (SSSR count). The number of aromatic nitrogens is 2. The van der Waals surface area contributed by atoms with Crippen molar-refractivity contribution >= 4 is 72.2 Å². The average molecular weight is 665 g/mol. The highest BCUT2D eigenvalue weighted by Crippen LogP contribution is 2.32. The Labute approximate surface area is 239 Å². The summed E-state index contributed by atoms with van der Waals surface area (Å²) in [5.41, 5.74) is 1.14. The number of benzene rings is 3. The molecule has 0 saturated heterocycles. The molecule has 0 aliphatic rings. The Morgan fingerprint density at radius 3 is 2.66 bits per heavy atom. The molecule has 0 aliphatic heterocycles. The van der Waals surface area contributed by atoms with Crippen LogP contribution >= 0.6 is 43.5 Å². The minimum atomic E-state index is -0.444. The molecule has 1 N–H and O–H groups in total. The Kier molecular flexibility index (Phi) is 8.96. The SMILES string of the molecule is CC[C@H](C)c1nc2ccc(Br)cc2c(=O)n1N=Cc1cc(Cl)cc(Br)c1OCC(=O)Nc1ccc(F)cc1. The number of fused-ring (bicyclic) bond motifs is 1. The zero-order valence-corrected chi connectivity index (χ0v) is 24.3. The molecule has 1 heterocycles. The highest BCUT2D eigenvalue weighted by Gasteiger charge is 2.17. The Balaban J connectivity index is 1.67. The van der Waals surface area contributed by atoms with Crippen LogP contribution in [0.15, 0.2) is 73.4 Å². The van der Waals surface area contributed by atoms with Crippen LogP contribution in [0.2, 0.25) is 5.02 Å². The Morgan fingerprint density at radius 2 is 1.95 bits per heavy atom. The predicted molar refractivity (Wildman–Crippen MR) is 155 cm³/mol. The van der Waals surface area contributed by atoms with Gasteiger partial charge in [-0.15, -0.1) is 0 Å². The first-order valence-electron chi connectivity index (χ1n) is 11.6. The van der Waals surface area contributed by atoms with Gasteiger partial charge in [0.15, 0.2) is 6.61 Å². The summed E-state index contributed by atoms with van der Waals surface area (Å²) in [6, 6.07) is 14.0. The molecule has 196 valence electrons. The minimum absolute atomic E-state index is 0.0372. The van der Waals surface area contributed by atoms with Crippen molar-refractivity contribution in [2.45, 2.75) is 26.2 Å². The number of rotatable bonds is 8. The molecule has 3 aromatic carbocycles. The number of carbonyl (C=O) groups is 1. The molecule has 0 fully saturated rings. The molecular weight excluding hydrogens is 643 g/mol. The third-order valence-electron chi connectivity index (χ3n) is 5.71. The van der Waals surface area contributed by atoms with Crippen LogP contribution in [0, 0.1) is 5.82 Å². The Morgan fingerprint density at radius 1 is 1.21 bits per heavy atom. The van der Waals surface area contributed by atoms with E-state index in [1.54, 1.807) is 24.3 Å². The summed E-state index contributed by atoms with van der Waals surface area (Å²) in [4.78, 5) is 30.6. The van der Waals surface area contributed by atoms with Gasteiger partial charge in [0.25, 0.3) is 11.5 Å². The number of amides is 1. The van der Waals surface area contributed by atoms with Gasteiger partial charge in [0, 0.05) is 26.7 Å². The molecule has 1 atom stereocenters. The molecule has 38 heavy (non-hydrogen) atoms. The normalized spacial score (nSPS) is 12.2. The standard InChI is InChI=1S/C27H22Br2ClFN4O3/c1-3-15(2)26-34-23-9-4-17(28)11-21(23)27(37)35(26)32-13-16-10-18(30)12-22(29)25(16)38-14-24(36)33-20-7-5-19(31)6-8-20/h4-13,15H,3,14H2,1-2H3,(H,33,36)/t15-/m0/s1. The third-order valence-corrected chi connectivity index (χ3v) is 7.01. The smallest absolute Gasteiger partial charge is 0.282 e. The number of halogens is 4. The van der Waals surface area contributed by atoms with Crippen LogP contribution in [0.25, 0.3) is 10.9 Å². The molecule has 7 nitrogen and oxygen atoms in total. The number of carbonyl (C=O) groups excluding carboxylic acids is 1. The second kappa shape index (κ2) is 12.2. The second-order valence-corrected chi connectivity index (χ2v) is 10.7. The summed E-state index contributed by atoms with van der Waals surface area (Å²) < 4.78 is 21.4. The van der Waals surface area contributed by atoms with Gasteiger partial charge >= 0.3 is 0 Å². The van der Waals surface area contributed by atoms with Gasteiger partial charge < -0.3 is 10.1 Å². The van der Waals surface area contributed by atoms with Gasteiger partial charge in [-0.1, -0.05) is 41.4 Å². The fraction of sp³-hybridized carbons (Fsp3) is 0.185. The van der Waals surface area contributed by atoms with Crippen molar-refractivity contribution in [3.8, 4) is 5.75 Å². The van der Waals surface area contributed by atoms with Gasteiger partial charge in [-0.2, -0.15) is 9.78 Å². The monoisotopic (exact) mass is 662 g/mol. The summed E-state index contributed by atoms with van der Waals surface area (Å²) in [5, 5.41) is 7.94. The lowest BCUT2D eigenvalue weighted by Gasteiger charge is -2.15. The summed E-state index contributed by atoms with van der Waals surface area (Å²) in [6.07, 6.45) is 2.20. The largest absolute Gasteiger partial charge is 0.482 e. The molecular formula is C27H22Br2ClFN4O3.